The number of thiophene rings is 1. The SMILES string of the molecule is O=S(=O)(c1ccc(Br)cc1)N1CCc2ccccc2C1c1cccs1. The molecule has 6 heteroatoms. The predicted octanol–water partition coefficient (Wildman–Crippen LogP) is 4.85. The molecule has 0 N–H and O–H groups in total. The van der Waals surface area contributed by atoms with Crippen LogP contribution in [0.15, 0.2) is 75.4 Å². The molecule has 3 aromatic rings. The van der Waals surface area contributed by atoms with E-state index in [0.29, 0.717) is 11.4 Å². The number of halogens is 1. The van der Waals surface area contributed by atoms with E-state index < -0.39 is 10.0 Å². The van der Waals surface area contributed by atoms with Gasteiger partial charge >= 0.3 is 0 Å². The van der Waals surface area contributed by atoms with Crippen molar-refractivity contribution in [1.29, 1.82) is 0 Å². The van der Waals surface area contributed by atoms with Crippen LogP contribution in [0.3, 0.4) is 0 Å². The molecule has 2 heterocycles. The average Bonchev–Trinajstić information content (AvgIpc) is 3.15. The number of nitrogens with zero attached hydrogens (tertiary/aromatic N) is 1. The second-order valence-electron chi connectivity index (χ2n) is 5.94. The van der Waals surface area contributed by atoms with Gasteiger partial charge in [0.05, 0.1) is 10.9 Å². The Labute approximate surface area is 160 Å². The van der Waals surface area contributed by atoms with E-state index in [1.807, 2.05) is 35.7 Å². The summed E-state index contributed by atoms with van der Waals surface area (Å²) in [5, 5.41) is 2.00. The summed E-state index contributed by atoms with van der Waals surface area (Å²) in [5.74, 6) is 0. The molecule has 2 aromatic carbocycles. The van der Waals surface area contributed by atoms with Crippen molar-refractivity contribution in [3.05, 3.63) is 86.5 Å². The Morgan fingerprint density at radius 2 is 1.76 bits per heavy atom. The molecule has 0 amide bonds. The molecule has 1 aliphatic rings. The predicted molar refractivity (Wildman–Crippen MR) is 104 cm³/mol. The molecule has 0 radical (unpaired) electrons. The molecule has 0 saturated heterocycles. The van der Waals surface area contributed by atoms with Gasteiger partial charge in [-0.25, -0.2) is 8.42 Å². The lowest BCUT2D eigenvalue weighted by Crippen LogP contribution is -2.40. The highest BCUT2D eigenvalue weighted by Gasteiger charge is 2.37. The number of fused-ring (bicyclic) bond motifs is 1. The van der Waals surface area contributed by atoms with E-state index in [9.17, 15) is 8.42 Å². The van der Waals surface area contributed by atoms with Gasteiger partial charge < -0.3 is 0 Å². The van der Waals surface area contributed by atoms with Crippen LogP contribution in [-0.2, 0) is 16.4 Å². The average molecular weight is 434 g/mol. The third-order valence-electron chi connectivity index (χ3n) is 4.47. The summed E-state index contributed by atoms with van der Waals surface area (Å²) in [7, 11) is -3.58. The molecule has 0 bridgehead atoms. The monoisotopic (exact) mass is 433 g/mol. The molecule has 0 saturated carbocycles. The first-order valence-corrected chi connectivity index (χ1v) is 11.1. The van der Waals surface area contributed by atoms with Crippen LogP contribution in [0.2, 0.25) is 0 Å². The molecule has 1 aromatic heterocycles. The zero-order valence-electron chi connectivity index (χ0n) is 13.3. The van der Waals surface area contributed by atoms with Gasteiger partial charge in [0.1, 0.15) is 0 Å². The van der Waals surface area contributed by atoms with Crippen LogP contribution in [0.25, 0.3) is 0 Å². The van der Waals surface area contributed by atoms with Gasteiger partial charge in [0, 0.05) is 15.9 Å². The van der Waals surface area contributed by atoms with Gasteiger partial charge in [-0.3, -0.25) is 0 Å². The lowest BCUT2D eigenvalue weighted by Gasteiger charge is -2.36. The van der Waals surface area contributed by atoms with E-state index >= 15 is 0 Å². The number of hydrogen-bond donors (Lipinski definition) is 0. The highest BCUT2D eigenvalue weighted by atomic mass is 79.9. The number of hydrogen-bond acceptors (Lipinski definition) is 3. The summed E-state index contributed by atoms with van der Waals surface area (Å²) in [6.45, 7) is 0.484. The van der Waals surface area contributed by atoms with E-state index in [-0.39, 0.29) is 6.04 Å². The largest absolute Gasteiger partial charge is 0.243 e. The lowest BCUT2D eigenvalue weighted by molar-refractivity contribution is 0.347. The third-order valence-corrected chi connectivity index (χ3v) is 7.80. The van der Waals surface area contributed by atoms with Crippen LogP contribution in [-0.4, -0.2) is 19.3 Å². The molecule has 128 valence electrons. The van der Waals surface area contributed by atoms with Crippen LogP contribution in [0.5, 0.6) is 0 Å². The summed E-state index contributed by atoms with van der Waals surface area (Å²) < 4.78 is 29.2. The lowest BCUT2D eigenvalue weighted by atomic mass is 9.93. The highest BCUT2D eigenvalue weighted by Crippen LogP contribution is 2.40. The Bertz CT molecular complexity index is 983. The summed E-state index contributed by atoms with van der Waals surface area (Å²) in [6.07, 6.45) is 0.730. The Morgan fingerprint density at radius 1 is 1.00 bits per heavy atom. The van der Waals surface area contributed by atoms with Gasteiger partial charge in [-0.15, -0.1) is 11.3 Å². The maximum absolute atomic E-state index is 13.3. The Morgan fingerprint density at radius 3 is 2.48 bits per heavy atom. The van der Waals surface area contributed by atoms with Gasteiger partial charge in [0.15, 0.2) is 0 Å². The van der Waals surface area contributed by atoms with Crippen molar-refractivity contribution in [3.63, 3.8) is 0 Å². The smallest absolute Gasteiger partial charge is 0.207 e. The highest BCUT2D eigenvalue weighted by molar-refractivity contribution is 9.10. The molecule has 0 spiro atoms. The van der Waals surface area contributed by atoms with E-state index in [4.69, 9.17) is 0 Å². The Kier molecular flexibility index (Phi) is 4.54. The van der Waals surface area contributed by atoms with E-state index in [2.05, 4.69) is 22.0 Å². The topological polar surface area (TPSA) is 37.4 Å². The first kappa shape index (κ1) is 17.0. The van der Waals surface area contributed by atoms with Crippen LogP contribution in [0.1, 0.15) is 22.0 Å². The third kappa shape index (κ3) is 3.08. The Hall–Kier alpha value is -1.47. The molecule has 0 fully saturated rings. The zero-order chi connectivity index (χ0) is 17.4. The second-order valence-corrected chi connectivity index (χ2v) is 9.72. The first-order chi connectivity index (χ1) is 12.1. The molecule has 3 nitrogen and oxygen atoms in total. The van der Waals surface area contributed by atoms with Crippen molar-refractivity contribution in [2.45, 2.75) is 17.4 Å². The summed E-state index contributed by atoms with van der Waals surface area (Å²) in [6, 6.07) is 18.7. The van der Waals surface area contributed by atoms with Crippen molar-refractivity contribution in [2.75, 3.05) is 6.54 Å². The summed E-state index contributed by atoms with van der Waals surface area (Å²) in [5.41, 5.74) is 2.31. The standard InChI is InChI=1S/C19H16BrNO2S2/c20-15-7-9-16(10-8-15)25(22,23)21-12-11-14-4-1-2-5-17(14)19(21)18-6-3-13-24-18/h1-10,13,19H,11-12H2. The summed E-state index contributed by atoms with van der Waals surface area (Å²) in [4.78, 5) is 1.38. The minimum absolute atomic E-state index is 0.265. The molecule has 25 heavy (non-hydrogen) atoms. The first-order valence-electron chi connectivity index (χ1n) is 7.96. The second kappa shape index (κ2) is 6.68. The van der Waals surface area contributed by atoms with Gasteiger partial charge in [-0.2, -0.15) is 4.31 Å². The van der Waals surface area contributed by atoms with E-state index in [0.717, 1.165) is 21.3 Å². The van der Waals surface area contributed by atoms with Crippen LogP contribution < -0.4 is 0 Å². The minimum atomic E-state index is -3.58. The molecule has 0 aliphatic carbocycles. The fourth-order valence-corrected chi connectivity index (χ4v) is 6.06. The Balaban J connectivity index is 1.84. The summed E-state index contributed by atoms with van der Waals surface area (Å²) >= 11 is 4.96. The van der Waals surface area contributed by atoms with Crippen molar-refractivity contribution < 1.29 is 8.42 Å². The van der Waals surface area contributed by atoms with Crippen molar-refractivity contribution in [1.82, 2.24) is 4.31 Å². The van der Waals surface area contributed by atoms with Crippen molar-refractivity contribution in [3.8, 4) is 0 Å². The van der Waals surface area contributed by atoms with Crippen molar-refractivity contribution in [2.24, 2.45) is 0 Å². The van der Waals surface area contributed by atoms with Gasteiger partial charge in [0.25, 0.3) is 0 Å². The quantitative estimate of drug-likeness (QED) is 0.591. The van der Waals surface area contributed by atoms with E-state index in [1.165, 1.54) is 5.56 Å². The van der Waals surface area contributed by atoms with Gasteiger partial charge in [0.2, 0.25) is 10.0 Å². The minimum Gasteiger partial charge on any atom is -0.207 e. The maximum atomic E-state index is 13.3. The molecular formula is C19H16BrNO2S2. The van der Waals surface area contributed by atoms with Crippen LogP contribution >= 0.6 is 27.3 Å². The number of benzene rings is 2. The normalized spacial score (nSPS) is 18.0. The zero-order valence-corrected chi connectivity index (χ0v) is 16.5. The molecule has 1 unspecified atom stereocenters. The molecule has 1 aliphatic heterocycles. The molecule has 1 atom stereocenters. The number of sulfonamides is 1. The van der Waals surface area contributed by atoms with E-state index in [1.54, 1.807) is 39.9 Å². The fourth-order valence-electron chi connectivity index (χ4n) is 3.29. The van der Waals surface area contributed by atoms with Crippen LogP contribution in [0.4, 0.5) is 0 Å². The van der Waals surface area contributed by atoms with Crippen LogP contribution in [0, 0.1) is 0 Å². The number of rotatable bonds is 3. The molecule has 4 rings (SSSR count). The van der Waals surface area contributed by atoms with Gasteiger partial charge in [-0.05, 0) is 53.3 Å². The van der Waals surface area contributed by atoms with Crippen molar-refractivity contribution >= 4 is 37.3 Å². The fraction of sp³-hybridized carbons (Fsp3) is 0.158. The molecular weight excluding hydrogens is 418 g/mol. The maximum Gasteiger partial charge on any atom is 0.243 e. The van der Waals surface area contributed by atoms with Gasteiger partial charge in [-0.1, -0.05) is 46.3 Å².